The van der Waals surface area contributed by atoms with E-state index in [9.17, 15) is 14.4 Å². The van der Waals surface area contributed by atoms with Crippen LogP contribution in [0.4, 0.5) is 0 Å². The summed E-state index contributed by atoms with van der Waals surface area (Å²) in [6, 6.07) is 7.51. The molecule has 2 N–H and O–H groups in total. The van der Waals surface area contributed by atoms with Crippen molar-refractivity contribution in [3.8, 4) is 0 Å². The number of aryl methyl sites for hydroxylation is 1. The molecule has 6 nitrogen and oxygen atoms in total. The van der Waals surface area contributed by atoms with Crippen LogP contribution in [0.1, 0.15) is 64.1 Å². The highest BCUT2D eigenvalue weighted by atomic mass is 16.2. The van der Waals surface area contributed by atoms with Crippen LogP contribution in [0.2, 0.25) is 0 Å². The van der Waals surface area contributed by atoms with E-state index in [1.165, 1.54) is 17.7 Å². The quantitative estimate of drug-likeness (QED) is 0.740. The van der Waals surface area contributed by atoms with Gasteiger partial charge in [0.15, 0.2) is 0 Å². The summed E-state index contributed by atoms with van der Waals surface area (Å²) >= 11 is 0. The zero-order valence-corrected chi connectivity index (χ0v) is 18.0. The van der Waals surface area contributed by atoms with E-state index in [0.717, 1.165) is 29.5 Å². The van der Waals surface area contributed by atoms with Crippen LogP contribution >= 0.6 is 0 Å². The van der Waals surface area contributed by atoms with E-state index in [4.69, 9.17) is 0 Å². The van der Waals surface area contributed by atoms with Gasteiger partial charge in [0.2, 0.25) is 0 Å². The first-order chi connectivity index (χ1) is 14.3. The fraction of sp³-hybridized carbons (Fsp3) is 0.375. The van der Waals surface area contributed by atoms with Gasteiger partial charge in [0.25, 0.3) is 17.4 Å². The maximum absolute atomic E-state index is 13.0. The molecule has 2 aromatic rings. The van der Waals surface area contributed by atoms with Crippen LogP contribution in [-0.2, 0) is 6.54 Å². The molecule has 1 aliphatic rings. The Balaban J connectivity index is 2.05. The predicted octanol–water partition coefficient (Wildman–Crippen LogP) is 3.13. The topological polar surface area (TPSA) is 80.2 Å². The lowest BCUT2D eigenvalue weighted by Gasteiger charge is -2.14. The van der Waals surface area contributed by atoms with E-state index in [-0.39, 0.29) is 24.1 Å². The van der Waals surface area contributed by atoms with Gasteiger partial charge in [-0.3, -0.25) is 14.4 Å². The SMILES string of the molecule is CNC(=O)c1cc(C(=O)NC2CC2)cn(Cc2cccc(C)c2/C=C\C(C)C)c1=O. The largest absolute Gasteiger partial charge is 0.355 e. The molecule has 0 aliphatic heterocycles. The van der Waals surface area contributed by atoms with E-state index < -0.39 is 11.5 Å². The van der Waals surface area contributed by atoms with E-state index in [1.807, 2.05) is 25.1 Å². The number of hydrogen-bond acceptors (Lipinski definition) is 3. The molecule has 0 radical (unpaired) electrons. The zero-order chi connectivity index (χ0) is 21.8. The number of aromatic nitrogens is 1. The number of hydrogen-bond donors (Lipinski definition) is 2. The van der Waals surface area contributed by atoms with Crippen molar-refractivity contribution in [3.05, 3.63) is 74.7 Å². The van der Waals surface area contributed by atoms with Crippen molar-refractivity contribution in [1.29, 1.82) is 0 Å². The Morgan fingerprint density at radius 2 is 1.97 bits per heavy atom. The maximum Gasteiger partial charge on any atom is 0.263 e. The minimum absolute atomic E-state index is 0.0344. The molecule has 0 atom stereocenters. The van der Waals surface area contributed by atoms with Gasteiger partial charge in [-0.25, -0.2) is 0 Å². The molecule has 1 aromatic carbocycles. The van der Waals surface area contributed by atoms with Gasteiger partial charge >= 0.3 is 0 Å². The molecule has 1 aliphatic carbocycles. The van der Waals surface area contributed by atoms with Crippen LogP contribution in [0.5, 0.6) is 0 Å². The minimum atomic E-state index is -0.501. The third-order valence-corrected chi connectivity index (χ3v) is 5.14. The van der Waals surface area contributed by atoms with E-state index >= 15 is 0 Å². The standard InChI is InChI=1S/C24H29N3O3/c1-15(2)8-11-20-16(3)6-5-7-17(20)13-27-14-18(22(28)26-19-9-10-19)12-21(24(27)30)23(29)25-4/h5-8,11-12,14-15,19H,9-10,13H2,1-4H3,(H,25,29)(H,26,28)/b11-8-. The number of benzene rings is 1. The third-order valence-electron chi connectivity index (χ3n) is 5.14. The van der Waals surface area contributed by atoms with Crippen LogP contribution in [-0.4, -0.2) is 29.5 Å². The molecule has 0 spiro atoms. The van der Waals surface area contributed by atoms with Crippen molar-refractivity contribution in [3.63, 3.8) is 0 Å². The van der Waals surface area contributed by atoms with Gasteiger partial charge in [0, 0.05) is 19.3 Å². The second-order valence-electron chi connectivity index (χ2n) is 8.15. The Morgan fingerprint density at radius 1 is 1.23 bits per heavy atom. The summed E-state index contributed by atoms with van der Waals surface area (Å²) in [6.45, 7) is 6.52. The Morgan fingerprint density at radius 3 is 2.60 bits per heavy atom. The van der Waals surface area contributed by atoms with Gasteiger partial charge in [0.1, 0.15) is 5.56 Å². The lowest BCUT2D eigenvalue weighted by atomic mass is 9.99. The Hall–Kier alpha value is -3.15. The van der Waals surface area contributed by atoms with Gasteiger partial charge in [-0.2, -0.15) is 0 Å². The number of amides is 2. The zero-order valence-electron chi connectivity index (χ0n) is 18.0. The first-order valence-corrected chi connectivity index (χ1v) is 10.3. The average molecular weight is 408 g/mol. The Bertz CT molecular complexity index is 1050. The van der Waals surface area contributed by atoms with Crippen LogP contribution in [0, 0.1) is 12.8 Å². The van der Waals surface area contributed by atoms with Crippen LogP contribution < -0.4 is 16.2 Å². The lowest BCUT2D eigenvalue weighted by Crippen LogP contribution is -2.34. The van der Waals surface area contributed by atoms with Gasteiger partial charge in [-0.05, 0) is 48.4 Å². The van der Waals surface area contributed by atoms with E-state index in [2.05, 4.69) is 36.6 Å². The first-order valence-electron chi connectivity index (χ1n) is 10.3. The second kappa shape index (κ2) is 9.11. The van der Waals surface area contributed by atoms with Crippen LogP contribution in [0.15, 0.2) is 41.3 Å². The minimum Gasteiger partial charge on any atom is -0.355 e. The number of rotatable bonds is 7. The number of nitrogens with zero attached hydrogens (tertiary/aromatic N) is 1. The first kappa shape index (κ1) is 21.6. The summed E-state index contributed by atoms with van der Waals surface area (Å²) in [5.41, 5.74) is 2.97. The molecule has 3 rings (SSSR count). The summed E-state index contributed by atoms with van der Waals surface area (Å²) in [5.74, 6) is -0.367. The summed E-state index contributed by atoms with van der Waals surface area (Å²) in [5, 5.41) is 5.41. The highest BCUT2D eigenvalue weighted by Gasteiger charge is 2.25. The van der Waals surface area contributed by atoms with E-state index in [0.29, 0.717) is 11.5 Å². The fourth-order valence-corrected chi connectivity index (χ4v) is 3.26. The molecule has 0 unspecified atom stereocenters. The molecule has 1 saturated carbocycles. The summed E-state index contributed by atoms with van der Waals surface area (Å²) in [4.78, 5) is 37.9. The fourth-order valence-electron chi connectivity index (χ4n) is 3.26. The molecular formula is C24H29N3O3. The van der Waals surface area contributed by atoms with Crippen molar-refractivity contribution >= 4 is 17.9 Å². The van der Waals surface area contributed by atoms with E-state index in [1.54, 1.807) is 6.20 Å². The van der Waals surface area contributed by atoms with Gasteiger partial charge in [0.05, 0.1) is 12.1 Å². The van der Waals surface area contributed by atoms with Crippen molar-refractivity contribution in [1.82, 2.24) is 15.2 Å². The number of nitrogens with one attached hydrogen (secondary N) is 2. The number of pyridine rings is 1. The normalized spacial score (nSPS) is 13.6. The molecule has 6 heteroatoms. The monoisotopic (exact) mass is 407 g/mol. The van der Waals surface area contributed by atoms with Crippen molar-refractivity contribution < 1.29 is 9.59 Å². The predicted molar refractivity (Wildman–Crippen MR) is 119 cm³/mol. The number of carbonyl (C=O) groups excluding carboxylic acids is 2. The van der Waals surface area contributed by atoms with Crippen molar-refractivity contribution in [2.45, 2.75) is 46.2 Å². The van der Waals surface area contributed by atoms with Gasteiger partial charge in [-0.15, -0.1) is 0 Å². The second-order valence-corrected chi connectivity index (χ2v) is 8.15. The molecule has 1 heterocycles. The smallest absolute Gasteiger partial charge is 0.263 e. The van der Waals surface area contributed by atoms with Crippen molar-refractivity contribution in [2.75, 3.05) is 7.05 Å². The Labute approximate surface area is 177 Å². The molecular weight excluding hydrogens is 378 g/mol. The van der Waals surface area contributed by atoms with Crippen LogP contribution in [0.3, 0.4) is 0 Å². The van der Waals surface area contributed by atoms with Crippen LogP contribution in [0.25, 0.3) is 6.08 Å². The summed E-state index contributed by atoms with van der Waals surface area (Å²) in [7, 11) is 1.47. The molecule has 158 valence electrons. The molecule has 30 heavy (non-hydrogen) atoms. The number of carbonyl (C=O) groups is 2. The highest BCUT2D eigenvalue weighted by Crippen LogP contribution is 2.20. The third kappa shape index (κ3) is 5.06. The van der Waals surface area contributed by atoms with Gasteiger partial charge in [-0.1, -0.05) is 44.2 Å². The maximum atomic E-state index is 13.0. The summed E-state index contributed by atoms with van der Waals surface area (Å²) < 4.78 is 1.45. The lowest BCUT2D eigenvalue weighted by molar-refractivity contribution is 0.0950. The molecule has 2 amide bonds. The average Bonchev–Trinajstić information content (AvgIpc) is 3.52. The molecule has 1 aromatic heterocycles. The number of allylic oxidation sites excluding steroid dienone is 1. The summed E-state index contributed by atoms with van der Waals surface area (Å²) in [6.07, 6.45) is 7.66. The molecule has 0 saturated heterocycles. The molecule has 1 fully saturated rings. The van der Waals surface area contributed by atoms with Gasteiger partial charge < -0.3 is 15.2 Å². The molecule has 0 bridgehead atoms. The highest BCUT2D eigenvalue weighted by molar-refractivity contribution is 5.99. The Kier molecular flexibility index (Phi) is 6.55. The van der Waals surface area contributed by atoms with Crippen molar-refractivity contribution in [2.24, 2.45) is 5.92 Å².